The number of alkyl halides is 2. The standard InChI is InChI=1S/C33H41Cl2FN4O8/c1-31(2,3)48-29(45)37-23-11-6-4-5-9-20-25(33(20,34)35)21-13-32(21,28(43)44)38-26(41)24-12-18(15-40(24)27(23)42)47-30(46)39-14-17-8-7-10-22(36)19(17)16-39/h7-8,10,18,20-21,23-25H,4-6,9,11-16H2,1-3H3,(H,37,45)(H,38,41)(H,43,44)/t18-,20?,21+,23+,24+,25?,32-/m1/s1. The van der Waals surface area contributed by atoms with Crippen LogP contribution in [0.2, 0.25) is 0 Å². The van der Waals surface area contributed by atoms with Crippen LogP contribution in [0.3, 0.4) is 0 Å². The van der Waals surface area contributed by atoms with Crippen molar-refractivity contribution in [2.75, 3.05) is 6.54 Å². The number of hydrogen-bond acceptors (Lipinski definition) is 7. The van der Waals surface area contributed by atoms with E-state index in [-0.39, 0.29) is 50.7 Å². The molecule has 262 valence electrons. The van der Waals surface area contributed by atoms with Crippen molar-refractivity contribution >= 4 is 53.2 Å². The molecule has 2 unspecified atom stereocenters. The molecule has 4 fully saturated rings. The third kappa shape index (κ3) is 6.64. The van der Waals surface area contributed by atoms with Gasteiger partial charge >= 0.3 is 18.2 Å². The first-order valence-corrected chi connectivity index (χ1v) is 17.2. The van der Waals surface area contributed by atoms with Crippen LogP contribution < -0.4 is 10.6 Å². The van der Waals surface area contributed by atoms with Gasteiger partial charge < -0.3 is 30.1 Å². The van der Waals surface area contributed by atoms with Crippen molar-refractivity contribution in [3.8, 4) is 0 Å². The lowest BCUT2D eigenvalue weighted by atomic mass is 10.0. The Morgan fingerprint density at radius 1 is 1.08 bits per heavy atom. The summed E-state index contributed by atoms with van der Waals surface area (Å²) in [6, 6.07) is 2.34. The van der Waals surface area contributed by atoms with E-state index in [4.69, 9.17) is 32.7 Å². The molecule has 0 bridgehead atoms. The van der Waals surface area contributed by atoms with E-state index in [1.54, 1.807) is 32.9 Å². The summed E-state index contributed by atoms with van der Waals surface area (Å²) < 4.78 is 24.4. The summed E-state index contributed by atoms with van der Waals surface area (Å²) in [6.45, 7) is 5.06. The van der Waals surface area contributed by atoms with Crippen molar-refractivity contribution < 1.29 is 42.9 Å². The fraction of sp³-hybridized carbons (Fsp3) is 0.667. The Kier molecular flexibility index (Phi) is 9.02. The van der Waals surface area contributed by atoms with E-state index in [0.29, 0.717) is 30.4 Å². The van der Waals surface area contributed by atoms with Crippen molar-refractivity contribution in [2.24, 2.45) is 17.8 Å². The van der Waals surface area contributed by atoms with Crippen LogP contribution in [0, 0.1) is 23.6 Å². The maximum Gasteiger partial charge on any atom is 0.410 e. The van der Waals surface area contributed by atoms with E-state index in [9.17, 15) is 33.5 Å². The molecule has 2 saturated carbocycles. The highest BCUT2D eigenvalue weighted by Crippen LogP contribution is 2.71. The number of carbonyl (C=O) groups is 5. The van der Waals surface area contributed by atoms with Crippen molar-refractivity contribution in [1.29, 1.82) is 0 Å². The van der Waals surface area contributed by atoms with Crippen LogP contribution in [0.1, 0.15) is 76.8 Å². The number of halogens is 3. The lowest BCUT2D eigenvalue weighted by Crippen LogP contribution is -2.56. The number of rotatable bonds is 3. The van der Waals surface area contributed by atoms with Crippen LogP contribution in [0.5, 0.6) is 0 Å². The molecule has 7 atom stereocenters. The summed E-state index contributed by atoms with van der Waals surface area (Å²) in [5.41, 5.74) is -1.38. The van der Waals surface area contributed by atoms with Crippen molar-refractivity contribution in [2.45, 2.75) is 112 Å². The van der Waals surface area contributed by atoms with Gasteiger partial charge in [-0.15, -0.1) is 23.2 Å². The molecule has 3 N–H and O–H groups in total. The maximum atomic E-state index is 14.3. The average molecular weight is 712 g/mol. The lowest BCUT2D eigenvalue weighted by molar-refractivity contribution is -0.146. The summed E-state index contributed by atoms with van der Waals surface area (Å²) in [5, 5.41) is 15.6. The molecule has 0 radical (unpaired) electrons. The Morgan fingerprint density at radius 3 is 2.50 bits per heavy atom. The van der Waals surface area contributed by atoms with Gasteiger partial charge in [-0.1, -0.05) is 31.4 Å². The molecular formula is C33H41Cl2FN4O8. The molecule has 12 nitrogen and oxygen atoms in total. The number of fused-ring (bicyclic) bond motifs is 5. The van der Waals surface area contributed by atoms with Crippen molar-refractivity contribution in [1.82, 2.24) is 20.4 Å². The number of amides is 4. The van der Waals surface area contributed by atoms with Gasteiger partial charge in [-0.05, 0) is 57.6 Å². The van der Waals surface area contributed by atoms with E-state index in [1.807, 2.05) is 0 Å². The number of nitrogens with one attached hydrogen (secondary N) is 2. The van der Waals surface area contributed by atoms with Crippen molar-refractivity contribution in [3.63, 3.8) is 0 Å². The fourth-order valence-corrected chi connectivity index (χ4v) is 8.68. The van der Waals surface area contributed by atoms with Gasteiger partial charge in [0.1, 0.15) is 39.5 Å². The van der Waals surface area contributed by atoms with Gasteiger partial charge in [0.2, 0.25) is 11.8 Å². The topological polar surface area (TPSA) is 155 Å². The van der Waals surface area contributed by atoms with Crippen LogP contribution in [-0.4, -0.2) is 85.1 Å². The predicted octanol–water partition coefficient (Wildman–Crippen LogP) is 4.48. The molecule has 3 aliphatic heterocycles. The SMILES string of the molecule is CC(C)(C)OC(=O)N[C@H]1CCCCCC2C([C@@H]3C[C@@]3(C(=O)O)NC(=O)[C@@H]3C[C@@H](OC(=O)N4Cc5cccc(F)c5C4)CN3C1=O)C2(Cl)Cl. The summed E-state index contributed by atoms with van der Waals surface area (Å²) in [7, 11) is 0. The van der Waals surface area contributed by atoms with Crippen LogP contribution in [0.15, 0.2) is 18.2 Å². The number of carboxylic acids is 1. The van der Waals surface area contributed by atoms with Gasteiger partial charge in [0, 0.05) is 30.4 Å². The molecule has 1 aromatic carbocycles. The Bertz CT molecular complexity index is 1520. The maximum absolute atomic E-state index is 14.3. The van der Waals surface area contributed by atoms with Gasteiger partial charge in [-0.2, -0.15) is 0 Å². The zero-order valence-electron chi connectivity index (χ0n) is 27.1. The summed E-state index contributed by atoms with van der Waals surface area (Å²) in [6.07, 6.45) is 0.434. The molecule has 0 spiro atoms. The predicted molar refractivity (Wildman–Crippen MR) is 170 cm³/mol. The molecule has 2 aliphatic carbocycles. The van der Waals surface area contributed by atoms with Gasteiger partial charge in [0.25, 0.3) is 0 Å². The lowest BCUT2D eigenvalue weighted by Gasteiger charge is -2.30. The molecule has 5 aliphatic rings. The van der Waals surface area contributed by atoms with E-state index in [2.05, 4.69) is 10.6 Å². The highest BCUT2D eigenvalue weighted by atomic mass is 35.5. The first-order chi connectivity index (χ1) is 22.5. The molecule has 2 saturated heterocycles. The van der Waals surface area contributed by atoms with E-state index in [1.165, 1.54) is 15.9 Å². The number of carboxylic acid groups (broad SMARTS) is 1. The van der Waals surface area contributed by atoms with Gasteiger partial charge in [-0.3, -0.25) is 14.5 Å². The second kappa shape index (κ2) is 12.5. The quantitative estimate of drug-likeness (QED) is 0.388. The smallest absolute Gasteiger partial charge is 0.410 e. The molecule has 3 heterocycles. The van der Waals surface area contributed by atoms with Crippen LogP contribution in [-0.2, 0) is 36.9 Å². The van der Waals surface area contributed by atoms with Crippen LogP contribution in [0.25, 0.3) is 0 Å². The van der Waals surface area contributed by atoms with E-state index < -0.39 is 75.4 Å². The largest absolute Gasteiger partial charge is 0.479 e. The summed E-state index contributed by atoms with van der Waals surface area (Å²) in [5.74, 6) is -3.88. The number of aliphatic carboxylic acids is 1. The zero-order valence-corrected chi connectivity index (χ0v) is 28.6. The minimum absolute atomic E-state index is 0.00924. The molecular weight excluding hydrogens is 670 g/mol. The highest BCUT2D eigenvalue weighted by Gasteiger charge is 2.77. The Morgan fingerprint density at radius 2 is 1.81 bits per heavy atom. The van der Waals surface area contributed by atoms with Gasteiger partial charge in [0.05, 0.1) is 13.1 Å². The number of hydrogen-bond donors (Lipinski definition) is 3. The number of nitrogens with zero attached hydrogens (tertiary/aromatic N) is 2. The third-order valence-electron chi connectivity index (χ3n) is 10.2. The monoisotopic (exact) mass is 710 g/mol. The second-order valence-electron chi connectivity index (χ2n) is 14.7. The molecule has 15 heteroatoms. The van der Waals surface area contributed by atoms with Crippen LogP contribution in [0.4, 0.5) is 14.0 Å². The second-order valence-corrected chi connectivity index (χ2v) is 16.1. The normalized spacial score (nSPS) is 32.7. The van der Waals surface area contributed by atoms with Gasteiger partial charge in [-0.25, -0.2) is 18.8 Å². The Hall–Kier alpha value is -3.32. The number of alkyl carbamates (subject to hydrolysis) is 1. The Labute approximate surface area is 287 Å². The van der Waals surface area contributed by atoms with E-state index >= 15 is 0 Å². The van der Waals surface area contributed by atoms with E-state index in [0.717, 1.165) is 6.42 Å². The molecule has 48 heavy (non-hydrogen) atoms. The first kappa shape index (κ1) is 34.5. The number of ether oxygens (including phenoxy) is 2. The summed E-state index contributed by atoms with van der Waals surface area (Å²) >= 11 is 13.3. The molecule has 4 amide bonds. The molecule has 1 aromatic rings. The fourth-order valence-electron chi connectivity index (χ4n) is 7.70. The van der Waals surface area contributed by atoms with Crippen molar-refractivity contribution in [3.05, 3.63) is 35.1 Å². The Balaban J connectivity index is 1.24. The minimum atomic E-state index is -1.60. The minimum Gasteiger partial charge on any atom is -0.479 e. The number of carbonyl (C=O) groups excluding carboxylic acids is 4. The first-order valence-electron chi connectivity index (χ1n) is 16.5. The highest BCUT2D eigenvalue weighted by molar-refractivity contribution is 6.51. The number of benzene rings is 1. The molecule has 0 aromatic heterocycles. The van der Waals surface area contributed by atoms with Gasteiger partial charge in [0.15, 0.2) is 0 Å². The molecule has 6 rings (SSSR count). The van der Waals surface area contributed by atoms with Crippen LogP contribution >= 0.6 is 23.2 Å². The third-order valence-corrected chi connectivity index (χ3v) is 11.3. The zero-order chi connectivity index (χ0) is 34.8. The average Bonchev–Trinajstić information content (AvgIpc) is 3.60. The summed E-state index contributed by atoms with van der Waals surface area (Å²) in [4.78, 5) is 69.4.